The van der Waals surface area contributed by atoms with Gasteiger partial charge in [-0.2, -0.15) is 17.0 Å². The van der Waals surface area contributed by atoms with Gasteiger partial charge in [0.25, 0.3) is 10.2 Å². The zero-order valence-electron chi connectivity index (χ0n) is 11.7. The van der Waals surface area contributed by atoms with E-state index in [0.717, 1.165) is 12.8 Å². The molecule has 0 saturated carbocycles. The molecule has 0 spiro atoms. The van der Waals surface area contributed by atoms with Gasteiger partial charge in [0.15, 0.2) is 0 Å². The second-order valence-electron chi connectivity index (χ2n) is 5.28. The van der Waals surface area contributed by atoms with Crippen LogP contribution in [0.25, 0.3) is 0 Å². The van der Waals surface area contributed by atoms with E-state index in [9.17, 15) is 8.42 Å². The Bertz CT molecular complexity index is 498. The lowest BCUT2D eigenvalue weighted by molar-refractivity contribution is 0.246. The van der Waals surface area contributed by atoms with E-state index >= 15 is 0 Å². The molecule has 108 valence electrons. The normalized spacial score (nSPS) is 22.3. The Labute approximate surface area is 115 Å². The maximum Gasteiger partial charge on any atom is 0.282 e. The van der Waals surface area contributed by atoms with Gasteiger partial charge in [-0.3, -0.25) is 0 Å². The van der Waals surface area contributed by atoms with Gasteiger partial charge in [-0.15, -0.1) is 0 Å². The molecular formula is C12H22N4O2S. The summed E-state index contributed by atoms with van der Waals surface area (Å²) in [6, 6.07) is 0.158. The summed E-state index contributed by atoms with van der Waals surface area (Å²) < 4.78 is 30.0. The maximum absolute atomic E-state index is 12.5. The van der Waals surface area contributed by atoms with Crippen LogP contribution in [0.15, 0.2) is 18.7 Å². The van der Waals surface area contributed by atoms with E-state index in [1.807, 2.05) is 24.6 Å². The van der Waals surface area contributed by atoms with Crippen molar-refractivity contribution in [3.63, 3.8) is 0 Å². The van der Waals surface area contributed by atoms with Crippen LogP contribution in [0.2, 0.25) is 0 Å². The number of piperidine rings is 1. The summed E-state index contributed by atoms with van der Waals surface area (Å²) >= 11 is 0. The Hall–Kier alpha value is -0.920. The van der Waals surface area contributed by atoms with Crippen LogP contribution < -0.4 is 0 Å². The molecule has 7 heteroatoms. The standard InChI is InChI=1S/C12H22N4O2S/c1-11(2)14(3)19(17,18)16-7-4-5-12(9-16)15-8-6-13-10-15/h6,8,10-12H,4-5,7,9H2,1-3H3/t12-/m0/s1. The van der Waals surface area contributed by atoms with Crippen LogP contribution in [0.5, 0.6) is 0 Å². The van der Waals surface area contributed by atoms with Crippen LogP contribution in [-0.4, -0.2) is 52.8 Å². The molecule has 1 fully saturated rings. The van der Waals surface area contributed by atoms with E-state index in [2.05, 4.69) is 4.98 Å². The highest BCUT2D eigenvalue weighted by Gasteiger charge is 2.33. The molecule has 0 amide bonds. The predicted octanol–water partition coefficient (Wildman–Crippen LogP) is 1.10. The summed E-state index contributed by atoms with van der Waals surface area (Å²) in [4.78, 5) is 4.03. The Kier molecular flexibility index (Phi) is 4.27. The van der Waals surface area contributed by atoms with Crippen molar-refractivity contribution in [3.05, 3.63) is 18.7 Å². The first-order valence-corrected chi connectivity index (χ1v) is 8.03. The Balaban J connectivity index is 2.13. The minimum atomic E-state index is -3.35. The fourth-order valence-electron chi connectivity index (χ4n) is 2.31. The molecule has 0 bridgehead atoms. The third-order valence-electron chi connectivity index (χ3n) is 3.72. The molecule has 0 radical (unpaired) electrons. The largest absolute Gasteiger partial charge is 0.333 e. The number of hydrogen-bond acceptors (Lipinski definition) is 3. The minimum Gasteiger partial charge on any atom is -0.333 e. The minimum absolute atomic E-state index is 0.0291. The number of imidazole rings is 1. The van der Waals surface area contributed by atoms with Gasteiger partial charge in [-0.1, -0.05) is 0 Å². The van der Waals surface area contributed by atoms with E-state index in [4.69, 9.17) is 0 Å². The first kappa shape index (κ1) is 14.5. The number of nitrogens with zero attached hydrogens (tertiary/aromatic N) is 4. The third kappa shape index (κ3) is 2.98. The highest BCUT2D eigenvalue weighted by Crippen LogP contribution is 2.24. The number of aromatic nitrogens is 2. The molecule has 1 saturated heterocycles. The average molecular weight is 286 g/mol. The summed E-state index contributed by atoms with van der Waals surface area (Å²) in [7, 11) is -1.71. The van der Waals surface area contributed by atoms with Gasteiger partial charge < -0.3 is 4.57 Å². The van der Waals surface area contributed by atoms with E-state index < -0.39 is 10.2 Å². The second-order valence-corrected chi connectivity index (χ2v) is 7.27. The van der Waals surface area contributed by atoms with Crippen molar-refractivity contribution >= 4 is 10.2 Å². The second kappa shape index (κ2) is 5.60. The molecule has 2 rings (SSSR count). The van der Waals surface area contributed by atoms with Crippen molar-refractivity contribution in [2.75, 3.05) is 20.1 Å². The summed E-state index contributed by atoms with van der Waals surface area (Å²) in [5.74, 6) is 0. The molecular weight excluding hydrogens is 264 g/mol. The highest BCUT2D eigenvalue weighted by molar-refractivity contribution is 7.86. The lowest BCUT2D eigenvalue weighted by Crippen LogP contribution is -2.48. The fourth-order valence-corrected chi connectivity index (χ4v) is 3.93. The van der Waals surface area contributed by atoms with E-state index in [0.29, 0.717) is 13.1 Å². The monoisotopic (exact) mass is 286 g/mol. The van der Waals surface area contributed by atoms with Gasteiger partial charge in [-0.05, 0) is 26.7 Å². The molecule has 0 unspecified atom stereocenters. The number of hydrogen-bond donors (Lipinski definition) is 0. The topological polar surface area (TPSA) is 58.4 Å². The zero-order chi connectivity index (χ0) is 14.0. The van der Waals surface area contributed by atoms with Crippen LogP contribution in [0.1, 0.15) is 32.7 Å². The first-order chi connectivity index (χ1) is 8.93. The van der Waals surface area contributed by atoms with Crippen molar-refractivity contribution in [2.24, 2.45) is 0 Å². The van der Waals surface area contributed by atoms with Crippen LogP contribution in [0.4, 0.5) is 0 Å². The molecule has 0 N–H and O–H groups in total. The molecule has 1 aromatic heterocycles. The summed E-state index contributed by atoms with van der Waals surface area (Å²) in [5, 5.41) is 0. The van der Waals surface area contributed by atoms with E-state index in [-0.39, 0.29) is 12.1 Å². The third-order valence-corrected chi connectivity index (χ3v) is 5.86. The molecule has 1 aliphatic heterocycles. The van der Waals surface area contributed by atoms with Gasteiger partial charge in [0.2, 0.25) is 0 Å². The van der Waals surface area contributed by atoms with E-state index in [1.54, 1.807) is 23.9 Å². The quantitative estimate of drug-likeness (QED) is 0.833. The Morgan fingerprint density at radius 1 is 1.42 bits per heavy atom. The average Bonchev–Trinajstić information content (AvgIpc) is 2.91. The molecule has 6 nitrogen and oxygen atoms in total. The predicted molar refractivity (Wildman–Crippen MR) is 73.9 cm³/mol. The smallest absolute Gasteiger partial charge is 0.282 e. The van der Waals surface area contributed by atoms with Crippen molar-refractivity contribution in [3.8, 4) is 0 Å². The van der Waals surface area contributed by atoms with Crippen LogP contribution in [0.3, 0.4) is 0 Å². The fraction of sp³-hybridized carbons (Fsp3) is 0.750. The number of rotatable bonds is 4. The SMILES string of the molecule is CC(C)N(C)S(=O)(=O)N1CCC[C@H](n2ccnc2)C1. The maximum atomic E-state index is 12.5. The van der Waals surface area contributed by atoms with Crippen molar-refractivity contribution in [1.29, 1.82) is 0 Å². The summed E-state index contributed by atoms with van der Waals surface area (Å²) in [6.07, 6.45) is 7.26. The van der Waals surface area contributed by atoms with Gasteiger partial charge in [0, 0.05) is 44.6 Å². The molecule has 2 heterocycles. The van der Waals surface area contributed by atoms with Gasteiger partial charge in [0.05, 0.1) is 6.33 Å². The van der Waals surface area contributed by atoms with Crippen molar-refractivity contribution in [2.45, 2.75) is 38.8 Å². The van der Waals surface area contributed by atoms with Gasteiger partial charge >= 0.3 is 0 Å². The van der Waals surface area contributed by atoms with Crippen LogP contribution in [-0.2, 0) is 10.2 Å². The highest BCUT2D eigenvalue weighted by atomic mass is 32.2. The summed E-state index contributed by atoms with van der Waals surface area (Å²) in [5.41, 5.74) is 0. The molecule has 1 aliphatic rings. The van der Waals surface area contributed by atoms with Gasteiger partial charge in [0.1, 0.15) is 0 Å². The molecule has 1 atom stereocenters. The van der Waals surface area contributed by atoms with Crippen LogP contribution >= 0.6 is 0 Å². The molecule has 1 aromatic rings. The zero-order valence-corrected chi connectivity index (χ0v) is 12.5. The lowest BCUT2D eigenvalue weighted by atomic mass is 10.1. The molecule has 0 aliphatic carbocycles. The summed E-state index contributed by atoms with van der Waals surface area (Å²) in [6.45, 7) is 4.89. The Morgan fingerprint density at radius 2 is 2.16 bits per heavy atom. The van der Waals surface area contributed by atoms with Crippen molar-refractivity contribution < 1.29 is 8.42 Å². The van der Waals surface area contributed by atoms with Gasteiger partial charge in [-0.25, -0.2) is 4.98 Å². The first-order valence-electron chi connectivity index (χ1n) is 6.63. The van der Waals surface area contributed by atoms with Crippen molar-refractivity contribution in [1.82, 2.24) is 18.2 Å². The molecule has 19 heavy (non-hydrogen) atoms. The van der Waals surface area contributed by atoms with E-state index in [1.165, 1.54) is 4.31 Å². The Morgan fingerprint density at radius 3 is 2.74 bits per heavy atom. The molecule has 0 aromatic carbocycles. The lowest BCUT2D eigenvalue weighted by Gasteiger charge is -2.35. The van der Waals surface area contributed by atoms with Crippen LogP contribution in [0, 0.1) is 0 Å².